The van der Waals surface area contributed by atoms with Crippen molar-refractivity contribution in [1.29, 1.82) is 5.41 Å². The van der Waals surface area contributed by atoms with Gasteiger partial charge in [0.25, 0.3) is 0 Å². The molecule has 0 aromatic rings. The van der Waals surface area contributed by atoms with E-state index in [-0.39, 0.29) is 36.1 Å². The summed E-state index contributed by atoms with van der Waals surface area (Å²) in [5, 5.41) is 27.8. The van der Waals surface area contributed by atoms with E-state index in [0.717, 1.165) is 0 Å². The van der Waals surface area contributed by atoms with Gasteiger partial charge in [-0.05, 0) is 38.5 Å². The van der Waals surface area contributed by atoms with Crippen LogP contribution in [0.4, 0.5) is 0 Å². The Labute approximate surface area is 112 Å². The summed E-state index contributed by atoms with van der Waals surface area (Å²) in [7, 11) is 0. The highest BCUT2D eigenvalue weighted by Gasteiger charge is 2.30. The average molecular weight is 270 g/mol. The number of amides is 1. The Kier molecular flexibility index (Phi) is 5.95. The zero-order valence-electron chi connectivity index (χ0n) is 11.2. The molecule has 1 unspecified atom stereocenters. The van der Waals surface area contributed by atoms with Gasteiger partial charge in [-0.1, -0.05) is 6.92 Å². The van der Waals surface area contributed by atoms with Gasteiger partial charge in [0.1, 0.15) is 5.71 Å². The molecule has 0 aromatic carbocycles. The van der Waals surface area contributed by atoms with Crippen LogP contribution in [0.1, 0.15) is 45.4 Å². The average Bonchev–Trinajstić information content (AvgIpc) is 2.32. The minimum atomic E-state index is -1.19. The van der Waals surface area contributed by atoms with Gasteiger partial charge in [0.15, 0.2) is 0 Å². The lowest BCUT2D eigenvalue weighted by molar-refractivity contribution is -0.129. The summed E-state index contributed by atoms with van der Waals surface area (Å²) in [5.74, 6) is -1.36. The van der Waals surface area contributed by atoms with Crippen LogP contribution in [0.5, 0.6) is 0 Å². The molecule has 19 heavy (non-hydrogen) atoms. The van der Waals surface area contributed by atoms with E-state index in [0.29, 0.717) is 32.1 Å². The number of aliphatic hydroxyl groups excluding tert-OH is 1. The third-order valence-corrected chi connectivity index (χ3v) is 3.56. The number of nitrogens with one attached hydrogen (secondary N) is 2. The lowest BCUT2D eigenvalue weighted by Gasteiger charge is -2.33. The molecule has 6 nitrogen and oxygen atoms in total. The van der Waals surface area contributed by atoms with Crippen LogP contribution in [-0.2, 0) is 9.59 Å². The third-order valence-electron chi connectivity index (χ3n) is 3.56. The molecule has 1 saturated carbocycles. The van der Waals surface area contributed by atoms with Crippen molar-refractivity contribution in [1.82, 2.24) is 5.32 Å². The molecule has 0 radical (unpaired) electrons. The third kappa shape index (κ3) is 4.98. The number of rotatable bonds is 8. The molecule has 1 atom stereocenters. The van der Waals surface area contributed by atoms with Gasteiger partial charge in [-0.2, -0.15) is 0 Å². The summed E-state index contributed by atoms with van der Waals surface area (Å²) in [4.78, 5) is 22.4. The van der Waals surface area contributed by atoms with Crippen LogP contribution in [0.25, 0.3) is 0 Å². The van der Waals surface area contributed by atoms with Crippen LogP contribution in [-0.4, -0.2) is 39.9 Å². The summed E-state index contributed by atoms with van der Waals surface area (Å²) in [6.45, 7) is 1.92. The number of hydrogen-bond donors (Lipinski definition) is 4. The monoisotopic (exact) mass is 270 g/mol. The Morgan fingerprint density at radius 1 is 1.42 bits per heavy atom. The first-order valence-corrected chi connectivity index (χ1v) is 6.73. The van der Waals surface area contributed by atoms with Crippen LogP contribution in [0.2, 0.25) is 0 Å². The van der Waals surface area contributed by atoms with Crippen LogP contribution < -0.4 is 5.32 Å². The van der Waals surface area contributed by atoms with Gasteiger partial charge >= 0.3 is 5.97 Å². The predicted octanol–water partition coefficient (Wildman–Crippen LogP) is 0.927. The zero-order chi connectivity index (χ0) is 14.4. The minimum Gasteiger partial charge on any atom is -0.477 e. The van der Waals surface area contributed by atoms with E-state index >= 15 is 0 Å². The van der Waals surface area contributed by atoms with Crippen molar-refractivity contribution in [3.05, 3.63) is 0 Å². The Hall–Kier alpha value is -1.43. The van der Waals surface area contributed by atoms with E-state index in [1.54, 1.807) is 0 Å². The molecular weight excluding hydrogens is 248 g/mol. The maximum Gasteiger partial charge on any atom is 0.349 e. The topological polar surface area (TPSA) is 110 Å². The van der Waals surface area contributed by atoms with Gasteiger partial charge in [0, 0.05) is 12.0 Å². The fraction of sp³-hybridized carbons (Fsp3) is 0.769. The molecular formula is C13H22N2O4. The standard InChI is InChI=1S/C13H22N2O4/c1-2-8(4-3-5-11(14)13(18)19)12(17)15-9-6-10(16)7-9/h8-10,14,16H,2-7H2,1H3,(H,15,17)(H,18,19). The normalized spacial score (nSPS) is 23.3. The lowest BCUT2D eigenvalue weighted by atomic mass is 9.88. The van der Waals surface area contributed by atoms with Gasteiger partial charge < -0.3 is 15.5 Å². The van der Waals surface area contributed by atoms with Crippen molar-refractivity contribution in [2.24, 2.45) is 5.92 Å². The fourth-order valence-electron chi connectivity index (χ4n) is 2.18. The number of carbonyl (C=O) groups excluding carboxylic acids is 1. The molecule has 0 heterocycles. The molecule has 0 bridgehead atoms. The van der Waals surface area contributed by atoms with Gasteiger partial charge in [0.05, 0.1) is 6.10 Å². The largest absolute Gasteiger partial charge is 0.477 e. The van der Waals surface area contributed by atoms with Gasteiger partial charge in [-0.25, -0.2) is 4.79 Å². The Morgan fingerprint density at radius 3 is 2.53 bits per heavy atom. The van der Waals surface area contributed by atoms with Gasteiger partial charge in [-0.15, -0.1) is 0 Å². The quantitative estimate of drug-likeness (QED) is 0.492. The second-order valence-corrected chi connectivity index (χ2v) is 5.11. The summed E-state index contributed by atoms with van der Waals surface area (Å²) in [6, 6.07) is 0.0777. The molecule has 108 valence electrons. The van der Waals surface area contributed by atoms with Crippen LogP contribution in [0.15, 0.2) is 0 Å². The Morgan fingerprint density at radius 2 is 2.05 bits per heavy atom. The first-order valence-electron chi connectivity index (χ1n) is 6.73. The van der Waals surface area contributed by atoms with Gasteiger partial charge in [-0.3, -0.25) is 10.2 Å². The molecule has 1 fully saturated rings. The van der Waals surface area contributed by atoms with E-state index < -0.39 is 5.97 Å². The van der Waals surface area contributed by atoms with Crippen molar-refractivity contribution >= 4 is 17.6 Å². The van der Waals surface area contributed by atoms with E-state index in [4.69, 9.17) is 15.6 Å². The molecule has 1 aliphatic rings. The maximum absolute atomic E-state index is 11.9. The van der Waals surface area contributed by atoms with E-state index in [1.807, 2.05) is 6.92 Å². The molecule has 1 amide bonds. The summed E-state index contributed by atoms with van der Waals surface area (Å²) in [6.07, 6.45) is 2.96. The molecule has 1 rings (SSSR count). The van der Waals surface area contributed by atoms with Gasteiger partial charge in [0.2, 0.25) is 5.91 Å². The number of hydrogen-bond acceptors (Lipinski definition) is 4. The van der Waals surface area contributed by atoms with Crippen molar-refractivity contribution in [3.8, 4) is 0 Å². The van der Waals surface area contributed by atoms with E-state index in [2.05, 4.69) is 5.32 Å². The minimum absolute atomic E-state index is 0.0266. The number of aliphatic carboxylic acids is 1. The SMILES string of the molecule is CCC(CCCC(=N)C(=O)O)C(=O)NC1CC(O)C1. The van der Waals surface area contributed by atoms with Crippen LogP contribution in [0, 0.1) is 11.3 Å². The molecule has 0 spiro atoms. The smallest absolute Gasteiger partial charge is 0.349 e. The molecule has 0 aromatic heterocycles. The Bertz CT molecular complexity index is 351. The van der Waals surface area contributed by atoms with Crippen molar-refractivity contribution < 1.29 is 19.8 Å². The van der Waals surface area contributed by atoms with Crippen molar-refractivity contribution in [2.75, 3.05) is 0 Å². The second-order valence-electron chi connectivity index (χ2n) is 5.11. The summed E-state index contributed by atoms with van der Waals surface area (Å²) >= 11 is 0. The van der Waals surface area contributed by atoms with Crippen LogP contribution >= 0.6 is 0 Å². The second kappa shape index (κ2) is 7.23. The molecule has 0 aliphatic heterocycles. The number of carbonyl (C=O) groups is 2. The zero-order valence-corrected chi connectivity index (χ0v) is 11.2. The number of aliphatic hydroxyl groups is 1. The first kappa shape index (κ1) is 15.6. The Balaban J connectivity index is 2.26. The fourth-order valence-corrected chi connectivity index (χ4v) is 2.18. The maximum atomic E-state index is 11.9. The molecule has 4 N–H and O–H groups in total. The highest BCUT2D eigenvalue weighted by atomic mass is 16.4. The molecule has 0 saturated heterocycles. The van der Waals surface area contributed by atoms with Crippen LogP contribution in [0.3, 0.4) is 0 Å². The summed E-state index contributed by atoms with van der Waals surface area (Å²) in [5.41, 5.74) is -0.308. The van der Waals surface area contributed by atoms with E-state index in [9.17, 15) is 9.59 Å². The highest BCUT2D eigenvalue weighted by Crippen LogP contribution is 2.21. The molecule has 1 aliphatic carbocycles. The predicted molar refractivity (Wildman–Crippen MR) is 70.2 cm³/mol. The first-order chi connectivity index (χ1) is 8.93. The van der Waals surface area contributed by atoms with E-state index in [1.165, 1.54) is 0 Å². The van der Waals surface area contributed by atoms with Crippen molar-refractivity contribution in [3.63, 3.8) is 0 Å². The summed E-state index contributed by atoms with van der Waals surface area (Å²) < 4.78 is 0. The molecule has 6 heteroatoms. The van der Waals surface area contributed by atoms with Crippen molar-refractivity contribution in [2.45, 2.75) is 57.6 Å². The highest BCUT2D eigenvalue weighted by molar-refractivity contribution is 6.34. The number of carboxylic acids is 1. The number of carboxylic acid groups (broad SMARTS) is 1. The lowest BCUT2D eigenvalue weighted by Crippen LogP contribution is -2.48.